The molecule has 1 atom stereocenters. The summed E-state index contributed by atoms with van der Waals surface area (Å²) in [7, 11) is 1.64. The van der Waals surface area contributed by atoms with Crippen LogP contribution in [-0.4, -0.2) is 18.8 Å². The Bertz CT molecular complexity index is 640. The minimum absolute atomic E-state index is 0.0421. The van der Waals surface area contributed by atoms with Gasteiger partial charge in [0.15, 0.2) is 0 Å². The number of carbonyl (C=O) groups excluding carboxylic acids is 1. The molecule has 0 aliphatic rings. The van der Waals surface area contributed by atoms with Crippen LogP contribution in [0.25, 0.3) is 0 Å². The van der Waals surface area contributed by atoms with E-state index >= 15 is 0 Å². The van der Waals surface area contributed by atoms with Gasteiger partial charge in [0.1, 0.15) is 5.75 Å². The van der Waals surface area contributed by atoms with Crippen LogP contribution in [0.2, 0.25) is 0 Å². The maximum atomic E-state index is 12.1. The molecule has 1 amide bonds. The molecule has 3 nitrogen and oxygen atoms in total. The molecule has 0 bridgehead atoms. The van der Waals surface area contributed by atoms with E-state index in [1.807, 2.05) is 31.2 Å². The van der Waals surface area contributed by atoms with Crippen molar-refractivity contribution in [3.8, 4) is 5.75 Å². The van der Waals surface area contributed by atoms with Gasteiger partial charge in [-0.2, -0.15) is 0 Å². The van der Waals surface area contributed by atoms with Crippen LogP contribution in [0.4, 0.5) is 0 Å². The van der Waals surface area contributed by atoms with Crippen LogP contribution in [0.1, 0.15) is 29.7 Å². The van der Waals surface area contributed by atoms with Gasteiger partial charge in [-0.1, -0.05) is 48.0 Å². The van der Waals surface area contributed by atoms with Crippen molar-refractivity contribution in [2.75, 3.05) is 12.9 Å². The molecule has 1 N–H and O–H groups in total. The van der Waals surface area contributed by atoms with E-state index < -0.39 is 0 Å². The molecule has 0 aliphatic heterocycles. The van der Waals surface area contributed by atoms with Crippen molar-refractivity contribution in [3.63, 3.8) is 0 Å². The van der Waals surface area contributed by atoms with E-state index in [1.54, 1.807) is 18.9 Å². The van der Waals surface area contributed by atoms with Gasteiger partial charge in [-0.25, -0.2) is 0 Å². The van der Waals surface area contributed by atoms with Crippen LogP contribution in [0.3, 0.4) is 0 Å². The van der Waals surface area contributed by atoms with Crippen LogP contribution < -0.4 is 10.1 Å². The average molecular weight is 329 g/mol. The Hall–Kier alpha value is -1.94. The number of amides is 1. The Labute approximate surface area is 142 Å². The number of ether oxygens (including phenoxy) is 1. The summed E-state index contributed by atoms with van der Waals surface area (Å²) in [5, 5.41) is 3.03. The Morgan fingerprint density at radius 2 is 1.87 bits per heavy atom. The molecular formula is C19H23NO2S. The number of nitrogens with one attached hydrogen (secondary N) is 1. The minimum Gasteiger partial charge on any atom is -0.496 e. The number of methoxy groups -OCH3 is 1. The smallest absolute Gasteiger partial charge is 0.230 e. The molecule has 4 heteroatoms. The highest BCUT2D eigenvalue weighted by atomic mass is 32.2. The molecular weight excluding hydrogens is 306 g/mol. The zero-order valence-corrected chi connectivity index (χ0v) is 14.7. The molecule has 0 heterocycles. The topological polar surface area (TPSA) is 38.3 Å². The number of benzene rings is 2. The predicted molar refractivity (Wildman–Crippen MR) is 96.9 cm³/mol. The van der Waals surface area contributed by atoms with Crippen LogP contribution in [0.5, 0.6) is 5.75 Å². The highest BCUT2D eigenvalue weighted by Crippen LogP contribution is 2.24. The first-order valence-electron chi connectivity index (χ1n) is 7.65. The highest BCUT2D eigenvalue weighted by Gasteiger charge is 2.13. The first-order valence-corrected chi connectivity index (χ1v) is 8.81. The number of hydrogen-bond donors (Lipinski definition) is 1. The summed E-state index contributed by atoms with van der Waals surface area (Å²) < 4.78 is 5.34. The number of rotatable bonds is 7. The summed E-state index contributed by atoms with van der Waals surface area (Å²) in [5.41, 5.74) is 3.49. The van der Waals surface area contributed by atoms with Gasteiger partial charge < -0.3 is 10.1 Å². The molecule has 0 saturated heterocycles. The number of hydrogen-bond acceptors (Lipinski definition) is 3. The zero-order chi connectivity index (χ0) is 16.7. The summed E-state index contributed by atoms with van der Waals surface area (Å²) in [6, 6.07) is 16.1. The van der Waals surface area contributed by atoms with Crippen LogP contribution in [0, 0.1) is 6.92 Å². The van der Waals surface area contributed by atoms with Gasteiger partial charge in [0, 0.05) is 11.3 Å². The third-order valence-electron chi connectivity index (χ3n) is 3.61. The van der Waals surface area contributed by atoms with E-state index in [4.69, 9.17) is 4.74 Å². The highest BCUT2D eigenvalue weighted by molar-refractivity contribution is 7.99. The van der Waals surface area contributed by atoms with Crippen LogP contribution >= 0.6 is 11.8 Å². The van der Waals surface area contributed by atoms with E-state index in [2.05, 4.69) is 36.5 Å². The summed E-state index contributed by atoms with van der Waals surface area (Å²) in [6.45, 7) is 4.05. The van der Waals surface area contributed by atoms with Crippen molar-refractivity contribution in [2.24, 2.45) is 0 Å². The minimum atomic E-state index is -0.0707. The van der Waals surface area contributed by atoms with Crippen molar-refractivity contribution >= 4 is 17.7 Å². The molecule has 0 aromatic heterocycles. The molecule has 2 aromatic rings. The van der Waals surface area contributed by atoms with Crippen molar-refractivity contribution < 1.29 is 9.53 Å². The fourth-order valence-corrected chi connectivity index (χ4v) is 3.13. The van der Waals surface area contributed by atoms with Crippen LogP contribution in [0.15, 0.2) is 48.5 Å². The lowest BCUT2D eigenvalue weighted by atomic mass is 10.1. The van der Waals surface area contributed by atoms with Crippen molar-refractivity contribution in [2.45, 2.75) is 25.6 Å². The zero-order valence-electron chi connectivity index (χ0n) is 13.8. The summed E-state index contributed by atoms with van der Waals surface area (Å²) >= 11 is 1.62. The molecule has 1 unspecified atom stereocenters. The molecule has 0 fully saturated rings. The van der Waals surface area contributed by atoms with Gasteiger partial charge in [0.2, 0.25) is 5.91 Å². The standard InChI is InChI=1S/C19H23NO2S/c1-14-8-10-16(11-9-14)12-23-13-19(21)20-15(2)17-6-4-5-7-18(17)22-3/h4-11,15H,12-13H2,1-3H3,(H,20,21). The quantitative estimate of drug-likeness (QED) is 0.830. The van der Waals surface area contributed by atoms with Gasteiger partial charge in [-0.3, -0.25) is 4.79 Å². The lowest BCUT2D eigenvalue weighted by Gasteiger charge is -2.17. The van der Waals surface area contributed by atoms with E-state index in [0.717, 1.165) is 17.1 Å². The monoisotopic (exact) mass is 329 g/mol. The summed E-state index contributed by atoms with van der Waals surface area (Å²) in [4.78, 5) is 12.1. The van der Waals surface area contributed by atoms with Gasteiger partial charge in [-0.15, -0.1) is 11.8 Å². The normalized spacial score (nSPS) is 11.8. The first-order chi connectivity index (χ1) is 11.1. The second kappa shape index (κ2) is 8.63. The number of para-hydroxylation sites is 1. The van der Waals surface area contributed by atoms with Crippen molar-refractivity contribution in [3.05, 3.63) is 65.2 Å². The van der Waals surface area contributed by atoms with Crippen LogP contribution in [-0.2, 0) is 10.5 Å². The van der Waals surface area contributed by atoms with E-state index in [9.17, 15) is 4.79 Å². The largest absolute Gasteiger partial charge is 0.496 e. The molecule has 2 aromatic carbocycles. The second-order valence-corrected chi connectivity index (χ2v) is 6.50. The Balaban J connectivity index is 1.81. The van der Waals surface area contributed by atoms with Gasteiger partial charge in [-0.05, 0) is 25.5 Å². The maximum Gasteiger partial charge on any atom is 0.230 e. The summed E-state index contributed by atoms with van der Waals surface area (Å²) in [6.07, 6.45) is 0. The molecule has 0 radical (unpaired) electrons. The van der Waals surface area contributed by atoms with E-state index in [0.29, 0.717) is 5.75 Å². The number of aryl methyl sites for hydroxylation is 1. The van der Waals surface area contributed by atoms with Gasteiger partial charge >= 0.3 is 0 Å². The molecule has 0 aliphatic carbocycles. The Morgan fingerprint density at radius 3 is 2.57 bits per heavy atom. The second-order valence-electron chi connectivity index (χ2n) is 5.51. The van der Waals surface area contributed by atoms with E-state index in [-0.39, 0.29) is 11.9 Å². The SMILES string of the molecule is COc1ccccc1C(C)NC(=O)CSCc1ccc(C)cc1. The third-order valence-corrected chi connectivity index (χ3v) is 4.61. The summed E-state index contributed by atoms with van der Waals surface area (Å²) in [5.74, 6) is 2.14. The van der Waals surface area contributed by atoms with Gasteiger partial charge in [0.05, 0.1) is 18.9 Å². The fraction of sp³-hybridized carbons (Fsp3) is 0.316. The molecule has 122 valence electrons. The molecule has 23 heavy (non-hydrogen) atoms. The molecule has 0 spiro atoms. The van der Waals surface area contributed by atoms with Crippen molar-refractivity contribution in [1.29, 1.82) is 0 Å². The van der Waals surface area contributed by atoms with Gasteiger partial charge in [0.25, 0.3) is 0 Å². The Kier molecular flexibility index (Phi) is 6.53. The third kappa shape index (κ3) is 5.32. The first kappa shape index (κ1) is 17.4. The van der Waals surface area contributed by atoms with E-state index in [1.165, 1.54) is 11.1 Å². The number of carbonyl (C=O) groups is 1. The Morgan fingerprint density at radius 1 is 1.17 bits per heavy atom. The lowest BCUT2D eigenvalue weighted by molar-refractivity contribution is -0.119. The fourth-order valence-electron chi connectivity index (χ4n) is 2.33. The number of thioether (sulfide) groups is 1. The predicted octanol–water partition coefficient (Wildman–Crippen LogP) is 4.11. The lowest BCUT2D eigenvalue weighted by Crippen LogP contribution is -2.28. The maximum absolute atomic E-state index is 12.1. The molecule has 0 saturated carbocycles. The molecule has 2 rings (SSSR count). The van der Waals surface area contributed by atoms with Crippen molar-refractivity contribution in [1.82, 2.24) is 5.32 Å². The average Bonchev–Trinajstić information content (AvgIpc) is 2.56.